The number of rotatable bonds is 5. The quantitative estimate of drug-likeness (QED) is 0.840. The molecular formula is C15H17N3O2. The molecule has 2 N–H and O–H groups in total. The first-order valence-corrected chi connectivity index (χ1v) is 6.26. The topological polar surface area (TPSA) is 68.5 Å². The molecule has 2 aromatic rings. The monoisotopic (exact) mass is 271 g/mol. The largest absolute Gasteiger partial charge is 0.484 e. The van der Waals surface area contributed by atoms with Crippen molar-refractivity contribution < 1.29 is 9.53 Å². The van der Waals surface area contributed by atoms with Gasteiger partial charge in [0.05, 0.1) is 0 Å². The second-order valence-electron chi connectivity index (χ2n) is 4.47. The van der Waals surface area contributed by atoms with Gasteiger partial charge in [-0.05, 0) is 35.9 Å². The van der Waals surface area contributed by atoms with Gasteiger partial charge in [-0.2, -0.15) is 0 Å². The fraction of sp³-hybridized carbons (Fsp3) is 0.200. The molecule has 0 saturated carbocycles. The summed E-state index contributed by atoms with van der Waals surface area (Å²) in [5.41, 5.74) is 7.23. The molecule has 104 valence electrons. The molecule has 0 fully saturated rings. The van der Waals surface area contributed by atoms with Crippen molar-refractivity contribution in [3.63, 3.8) is 0 Å². The van der Waals surface area contributed by atoms with Crippen LogP contribution in [0.2, 0.25) is 0 Å². The standard InChI is InChI=1S/C15H17N3O2/c1-18(10-12-3-2-8-17-9-12)15(19)11-20-14-6-4-13(16)5-7-14/h2-9H,10-11,16H2,1H3. The van der Waals surface area contributed by atoms with Crippen LogP contribution < -0.4 is 10.5 Å². The maximum Gasteiger partial charge on any atom is 0.260 e. The highest BCUT2D eigenvalue weighted by Gasteiger charge is 2.10. The van der Waals surface area contributed by atoms with E-state index in [1.165, 1.54) is 0 Å². The number of benzene rings is 1. The molecule has 1 aromatic carbocycles. The van der Waals surface area contributed by atoms with E-state index in [-0.39, 0.29) is 12.5 Å². The number of anilines is 1. The fourth-order valence-corrected chi connectivity index (χ4v) is 1.67. The highest BCUT2D eigenvalue weighted by atomic mass is 16.5. The van der Waals surface area contributed by atoms with Crippen LogP contribution in [0, 0.1) is 0 Å². The summed E-state index contributed by atoms with van der Waals surface area (Å²) >= 11 is 0. The highest BCUT2D eigenvalue weighted by Crippen LogP contribution is 2.13. The molecule has 0 unspecified atom stereocenters. The third-order valence-electron chi connectivity index (χ3n) is 2.81. The maximum absolute atomic E-state index is 11.9. The van der Waals surface area contributed by atoms with Crippen LogP contribution in [0.15, 0.2) is 48.8 Å². The zero-order valence-electron chi connectivity index (χ0n) is 11.3. The first-order chi connectivity index (χ1) is 9.65. The molecule has 0 radical (unpaired) electrons. The molecule has 20 heavy (non-hydrogen) atoms. The summed E-state index contributed by atoms with van der Waals surface area (Å²) in [6, 6.07) is 10.7. The Hall–Kier alpha value is -2.56. The van der Waals surface area contributed by atoms with Crippen molar-refractivity contribution in [3.05, 3.63) is 54.4 Å². The number of hydrogen-bond donors (Lipinski definition) is 1. The number of pyridine rings is 1. The molecule has 0 aliphatic rings. The molecule has 0 aliphatic carbocycles. The molecule has 0 atom stereocenters. The number of nitrogens with two attached hydrogens (primary N) is 1. The Morgan fingerprint density at radius 2 is 2.05 bits per heavy atom. The molecular weight excluding hydrogens is 254 g/mol. The number of nitrogen functional groups attached to an aromatic ring is 1. The third kappa shape index (κ3) is 3.98. The van der Waals surface area contributed by atoms with E-state index in [1.54, 1.807) is 48.6 Å². The average molecular weight is 271 g/mol. The van der Waals surface area contributed by atoms with Crippen LogP contribution in [0.4, 0.5) is 5.69 Å². The van der Waals surface area contributed by atoms with Gasteiger partial charge in [0.1, 0.15) is 5.75 Å². The first-order valence-electron chi connectivity index (χ1n) is 6.26. The zero-order chi connectivity index (χ0) is 14.4. The van der Waals surface area contributed by atoms with Crippen molar-refractivity contribution in [2.24, 2.45) is 0 Å². The van der Waals surface area contributed by atoms with Gasteiger partial charge >= 0.3 is 0 Å². The van der Waals surface area contributed by atoms with Crippen molar-refractivity contribution in [1.29, 1.82) is 0 Å². The van der Waals surface area contributed by atoms with Crippen molar-refractivity contribution in [2.45, 2.75) is 6.54 Å². The Morgan fingerprint density at radius 1 is 1.30 bits per heavy atom. The van der Waals surface area contributed by atoms with E-state index in [2.05, 4.69) is 4.98 Å². The Kier molecular flexibility index (Phi) is 4.55. The minimum atomic E-state index is -0.0920. The average Bonchev–Trinajstić information content (AvgIpc) is 2.47. The first kappa shape index (κ1) is 13.9. The van der Waals surface area contributed by atoms with Crippen LogP contribution in [0.3, 0.4) is 0 Å². The zero-order valence-corrected chi connectivity index (χ0v) is 11.3. The van der Waals surface area contributed by atoms with Crippen molar-refractivity contribution in [1.82, 2.24) is 9.88 Å². The van der Waals surface area contributed by atoms with E-state index < -0.39 is 0 Å². The van der Waals surface area contributed by atoms with Gasteiger partial charge in [-0.1, -0.05) is 6.07 Å². The normalized spacial score (nSPS) is 10.1. The van der Waals surface area contributed by atoms with E-state index in [9.17, 15) is 4.79 Å². The summed E-state index contributed by atoms with van der Waals surface area (Å²) in [5, 5.41) is 0. The number of hydrogen-bond acceptors (Lipinski definition) is 4. The van der Waals surface area contributed by atoms with Crippen LogP contribution in [0.5, 0.6) is 5.75 Å². The Labute approximate surface area is 118 Å². The molecule has 0 aliphatic heterocycles. The van der Waals surface area contributed by atoms with Gasteiger partial charge in [-0.25, -0.2) is 0 Å². The molecule has 1 amide bonds. The number of ether oxygens (including phenoxy) is 1. The summed E-state index contributed by atoms with van der Waals surface area (Å²) in [6.45, 7) is 0.512. The molecule has 0 spiro atoms. The number of carbonyl (C=O) groups is 1. The predicted octanol–water partition coefficient (Wildman–Crippen LogP) is 1.70. The fourth-order valence-electron chi connectivity index (χ4n) is 1.67. The van der Waals surface area contributed by atoms with Crippen LogP contribution in [0.25, 0.3) is 0 Å². The number of likely N-dealkylation sites (N-methyl/N-ethyl adjacent to an activating group) is 1. The van der Waals surface area contributed by atoms with Gasteiger partial charge < -0.3 is 15.4 Å². The number of nitrogens with zero attached hydrogens (tertiary/aromatic N) is 2. The number of amides is 1. The SMILES string of the molecule is CN(Cc1cccnc1)C(=O)COc1ccc(N)cc1. The molecule has 5 heteroatoms. The van der Waals surface area contributed by atoms with Gasteiger partial charge in [0.25, 0.3) is 5.91 Å². The van der Waals surface area contributed by atoms with Crippen LogP contribution in [-0.4, -0.2) is 29.4 Å². The van der Waals surface area contributed by atoms with Gasteiger partial charge in [0.2, 0.25) is 0 Å². The Bertz CT molecular complexity index is 555. The number of aromatic nitrogens is 1. The molecule has 2 rings (SSSR count). The second kappa shape index (κ2) is 6.56. The summed E-state index contributed by atoms with van der Waals surface area (Å²) in [4.78, 5) is 17.6. The minimum Gasteiger partial charge on any atom is -0.484 e. The molecule has 0 bridgehead atoms. The third-order valence-corrected chi connectivity index (χ3v) is 2.81. The van der Waals surface area contributed by atoms with E-state index in [0.29, 0.717) is 18.0 Å². The summed E-state index contributed by atoms with van der Waals surface area (Å²) in [6.07, 6.45) is 3.44. The lowest BCUT2D eigenvalue weighted by Gasteiger charge is -2.17. The lowest BCUT2D eigenvalue weighted by Crippen LogP contribution is -2.30. The van der Waals surface area contributed by atoms with Crippen molar-refractivity contribution in [3.8, 4) is 5.75 Å². The van der Waals surface area contributed by atoms with E-state index >= 15 is 0 Å². The summed E-state index contributed by atoms with van der Waals surface area (Å²) < 4.78 is 5.42. The van der Waals surface area contributed by atoms with E-state index in [4.69, 9.17) is 10.5 Å². The summed E-state index contributed by atoms with van der Waals surface area (Å²) in [5.74, 6) is 0.535. The van der Waals surface area contributed by atoms with Gasteiger partial charge in [0, 0.05) is 31.7 Å². The molecule has 0 saturated heterocycles. The smallest absolute Gasteiger partial charge is 0.260 e. The van der Waals surface area contributed by atoms with Crippen molar-refractivity contribution in [2.75, 3.05) is 19.4 Å². The second-order valence-corrected chi connectivity index (χ2v) is 4.47. The van der Waals surface area contributed by atoms with Gasteiger partial charge in [0.15, 0.2) is 6.61 Å². The van der Waals surface area contributed by atoms with Crippen LogP contribution >= 0.6 is 0 Å². The lowest BCUT2D eigenvalue weighted by molar-refractivity contribution is -0.132. The molecule has 1 heterocycles. The Balaban J connectivity index is 1.83. The number of carbonyl (C=O) groups excluding carboxylic acids is 1. The van der Waals surface area contributed by atoms with E-state index in [0.717, 1.165) is 5.56 Å². The summed E-state index contributed by atoms with van der Waals surface area (Å²) in [7, 11) is 1.74. The van der Waals surface area contributed by atoms with E-state index in [1.807, 2.05) is 12.1 Å². The molecule has 1 aromatic heterocycles. The van der Waals surface area contributed by atoms with Crippen LogP contribution in [0.1, 0.15) is 5.56 Å². The maximum atomic E-state index is 11.9. The van der Waals surface area contributed by atoms with Crippen LogP contribution in [-0.2, 0) is 11.3 Å². The van der Waals surface area contributed by atoms with Crippen molar-refractivity contribution >= 4 is 11.6 Å². The Morgan fingerprint density at radius 3 is 2.70 bits per heavy atom. The van der Waals surface area contributed by atoms with Gasteiger partial charge in [-0.15, -0.1) is 0 Å². The minimum absolute atomic E-state index is 0.000675. The highest BCUT2D eigenvalue weighted by molar-refractivity contribution is 5.77. The van der Waals surface area contributed by atoms with Gasteiger partial charge in [-0.3, -0.25) is 9.78 Å². The lowest BCUT2D eigenvalue weighted by atomic mass is 10.3. The predicted molar refractivity (Wildman–Crippen MR) is 77.1 cm³/mol. The molecule has 5 nitrogen and oxygen atoms in total.